The number of sulfonamides is 1. The van der Waals surface area contributed by atoms with Crippen molar-refractivity contribution in [1.29, 1.82) is 0 Å². The number of benzene rings is 1. The summed E-state index contributed by atoms with van der Waals surface area (Å²) in [6, 6.07) is 4.90. The van der Waals surface area contributed by atoms with Gasteiger partial charge in [0.25, 0.3) is 0 Å². The van der Waals surface area contributed by atoms with Gasteiger partial charge in [-0.2, -0.15) is 4.31 Å². The number of hydrogen-bond donors (Lipinski definition) is 1. The van der Waals surface area contributed by atoms with Crippen LogP contribution in [0.5, 0.6) is 0 Å². The highest BCUT2D eigenvalue weighted by molar-refractivity contribution is 9.10. The number of rotatable bonds is 3. The molecule has 1 aromatic rings. The summed E-state index contributed by atoms with van der Waals surface area (Å²) in [5.74, 6) is 0. The van der Waals surface area contributed by atoms with Crippen LogP contribution in [0.25, 0.3) is 0 Å². The maximum Gasteiger partial charge on any atom is 0.243 e. The summed E-state index contributed by atoms with van der Waals surface area (Å²) >= 11 is 3.28. The fraction of sp³-hybridized carbons (Fsp3) is 0.538. The van der Waals surface area contributed by atoms with E-state index in [2.05, 4.69) is 15.9 Å². The minimum Gasteiger partial charge on any atom is -0.398 e. The molecule has 0 heterocycles. The first-order valence-corrected chi connectivity index (χ1v) is 8.69. The molecule has 0 saturated heterocycles. The van der Waals surface area contributed by atoms with Crippen LogP contribution >= 0.6 is 15.9 Å². The number of anilines is 1. The molecule has 0 radical (unpaired) electrons. The summed E-state index contributed by atoms with van der Waals surface area (Å²) in [5.41, 5.74) is 6.21. The van der Waals surface area contributed by atoms with Gasteiger partial charge in [-0.15, -0.1) is 0 Å². The molecule has 1 saturated carbocycles. The minimum atomic E-state index is -3.45. The van der Waals surface area contributed by atoms with E-state index in [-0.39, 0.29) is 10.9 Å². The molecule has 0 amide bonds. The van der Waals surface area contributed by atoms with Gasteiger partial charge in [-0.1, -0.05) is 19.3 Å². The van der Waals surface area contributed by atoms with Crippen molar-refractivity contribution >= 4 is 31.6 Å². The lowest BCUT2D eigenvalue weighted by atomic mass is 9.96. The molecule has 0 bridgehead atoms. The molecule has 4 nitrogen and oxygen atoms in total. The highest BCUT2D eigenvalue weighted by Gasteiger charge is 2.29. The number of nitrogens with zero attached hydrogens (tertiary/aromatic N) is 1. The lowest BCUT2D eigenvalue weighted by Gasteiger charge is -2.30. The fourth-order valence-corrected chi connectivity index (χ4v) is 4.19. The molecule has 1 aliphatic carbocycles. The summed E-state index contributed by atoms with van der Waals surface area (Å²) in [4.78, 5) is 0.265. The van der Waals surface area contributed by atoms with Crippen molar-refractivity contribution in [2.45, 2.75) is 43.0 Å². The van der Waals surface area contributed by atoms with Crippen LogP contribution in [-0.4, -0.2) is 25.8 Å². The Balaban J connectivity index is 2.27. The normalized spacial score (nSPS) is 17.8. The molecular weight excluding hydrogens is 328 g/mol. The standard InChI is InChI=1S/C13H19BrN2O2S/c1-16(10-5-3-2-4-6-10)19(17,18)11-7-8-12(14)13(15)9-11/h7-10H,2-6,15H2,1H3. The first-order chi connectivity index (χ1) is 8.93. The van der Waals surface area contributed by atoms with E-state index < -0.39 is 10.0 Å². The van der Waals surface area contributed by atoms with Crippen LogP contribution < -0.4 is 5.73 Å². The third kappa shape index (κ3) is 3.12. The highest BCUT2D eigenvalue weighted by atomic mass is 79.9. The molecule has 1 aliphatic rings. The number of hydrogen-bond acceptors (Lipinski definition) is 3. The van der Waals surface area contributed by atoms with E-state index >= 15 is 0 Å². The molecule has 106 valence electrons. The largest absolute Gasteiger partial charge is 0.398 e. The van der Waals surface area contributed by atoms with Gasteiger partial charge in [0.15, 0.2) is 0 Å². The Bertz CT molecular complexity index is 554. The highest BCUT2D eigenvalue weighted by Crippen LogP contribution is 2.29. The van der Waals surface area contributed by atoms with Crippen molar-refractivity contribution in [3.8, 4) is 0 Å². The maximum absolute atomic E-state index is 12.5. The van der Waals surface area contributed by atoms with Gasteiger partial charge in [0.2, 0.25) is 10.0 Å². The molecule has 0 aromatic heterocycles. The van der Waals surface area contributed by atoms with Gasteiger partial charge in [-0.3, -0.25) is 0 Å². The number of nitrogen functional groups attached to an aromatic ring is 1. The Hall–Kier alpha value is -0.590. The van der Waals surface area contributed by atoms with Crippen molar-refractivity contribution in [3.05, 3.63) is 22.7 Å². The Morgan fingerprint density at radius 3 is 2.47 bits per heavy atom. The molecule has 0 atom stereocenters. The average molecular weight is 347 g/mol. The Morgan fingerprint density at radius 1 is 1.26 bits per heavy atom. The molecule has 2 N–H and O–H groups in total. The molecule has 0 spiro atoms. The lowest BCUT2D eigenvalue weighted by molar-refractivity contribution is 0.286. The molecule has 0 aliphatic heterocycles. The second-order valence-corrected chi connectivity index (χ2v) is 7.85. The van der Waals surface area contributed by atoms with Crippen LogP contribution in [0.4, 0.5) is 5.69 Å². The SMILES string of the molecule is CN(C1CCCCC1)S(=O)(=O)c1ccc(Br)c(N)c1. The fourth-order valence-electron chi connectivity index (χ4n) is 2.49. The predicted molar refractivity (Wildman–Crippen MR) is 80.4 cm³/mol. The zero-order valence-corrected chi connectivity index (χ0v) is 13.4. The lowest BCUT2D eigenvalue weighted by Crippen LogP contribution is -2.38. The number of halogens is 1. The average Bonchev–Trinajstić information content (AvgIpc) is 2.41. The van der Waals surface area contributed by atoms with Gasteiger partial charge in [0.05, 0.1) is 4.90 Å². The van der Waals surface area contributed by atoms with Crippen molar-refractivity contribution in [1.82, 2.24) is 4.31 Å². The van der Waals surface area contributed by atoms with Gasteiger partial charge < -0.3 is 5.73 Å². The van der Waals surface area contributed by atoms with Crippen molar-refractivity contribution in [2.24, 2.45) is 0 Å². The first-order valence-electron chi connectivity index (χ1n) is 6.46. The monoisotopic (exact) mass is 346 g/mol. The minimum absolute atomic E-state index is 0.114. The van der Waals surface area contributed by atoms with Gasteiger partial charge in [0.1, 0.15) is 0 Å². The summed E-state index contributed by atoms with van der Waals surface area (Å²) in [6.45, 7) is 0. The van der Waals surface area contributed by atoms with Crippen LogP contribution in [0.1, 0.15) is 32.1 Å². The molecule has 1 fully saturated rings. The van der Waals surface area contributed by atoms with E-state index in [1.54, 1.807) is 19.2 Å². The third-order valence-corrected chi connectivity index (χ3v) is 6.36. The Morgan fingerprint density at radius 2 is 1.89 bits per heavy atom. The zero-order chi connectivity index (χ0) is 14.0. The molecule has 19 heavy (non-hydrogen) atoms. The molecule has 6 heteroatoms. The van der Waals surface area contributed by atoms with E-state index in [0.717, 1.165) is 25.7 Å². The molecular formula is C13H19BrN2O2S. The second kappa shape index (κ2) is 5.81. The number of nitrogens with two attached hydrogens (primary N) is 1. The first kappa shape index (κ1) is 14.8. The molecule has 2 rings (SSSR count). The quantitative estimate of drug-likeness (QED) is 0.855. The van der Waals surface area contributed by atoms with Gasteiger partial charge >= 0.3 is 0 Å². The summed E-state index contributed by atoms with van der Waals surface area (Å²) < 4.78 is 27.3. The van der Waals surface area contributed by atoms with Crippen LogP contribution in [0.3, 0.4) is 0 Å². The van der Waals surface area contributed by atoms with Crippen LogP contribution in [-0.2, 0) is 10.0 Å². The molecule has 0 unspecified atom stereocenters. The maximum atomic E-state index is 12.5. The van der Waals surface area contributed by atoms with Gasteiger partial charge in [-0.05, 0) is 47.0 Å². The smallest absolute Gasteiger partial charge is 0.243 e. The van der Waals surface area contributed by atoms with E-state index in [1.165, 1.54) is 16.8 Å². The van der Waals surface area contributed by atoms with E-state index in [4.69, 9.17) is 5.73 Å². The van der Waals surface area contributed by atoms with Gasteiger partial charge in [0, 0.05) is 23.2 Å². The van der Waals surface area contributed by atoms with Crippen LogP contribution in [0.2, 0.25) is 0 Å². The van der Waals surface area contributed by atoms with Crippen molar-refractivity contribution in [2.75, 3.05) is 12.8 Å². The van der Waals surface area contributed by atoms with E-state index in [1.807, 2.05) is 0 Å². The van der Waals surface area contributed by atoms with Crippen molar-refractivity contribution in [3.63, 3.8) is 0 Å². The second-order valence-electron chi connectivity index (χ2n) is 5.00. The van der Waals surface area contributed by atoms with E-state index in [0.29, 0.717) is 10.2 Å². The Labute approximate surface area is 123 Å². The summed E-state index contributed by atoms with van der Waals surface area (Å²) in [7, 11) is -1.78. The summed E-state index contributed by atoms with van der Waals surface area (Å²) in [6.07, 6.45) is 5.30. The van der Waals surface area contributed by atoms with Crippen LogP contribution in [0.15, 0.2) is 27.6 Å². The van der Waals surface area contributed by atoms with Gasteiger partial charge in [-0.25, -0.2) is 8.42 Å². The van der Waals surface area contributed by atoms with E-state index in [9.17, 15) is 8.42 Å². The summed E-state index contributed by atoms with van der Waals surface area (Å²) in [5, 5.41) is 0. The topological polar surface area (TPSA) is 63.4 Å². The zero-order valence-electron chi connectivity index (χ0n) is 11.0. The Kier molecular flexibility index (Phi) is 4.53. The van der Waals surface area contributed by atoms with Crippen molar-refractivity contribution < 1.29 is 8.42 Å². The predicted octanol–water partition coefficient (Wildman–Crippen LogP) is 2.98. The third-order valence-electron chi connectivity index (χ3n) is 3.73. The van der Waals surface area contributed by atoms with Crippen LogP contribution in [0, 0.1) is 0 Å². The molecule has 1 aromatic carbocycles.